The normalized spacial score (nSPS) is 30.8. The molecule has 3 fully saturated rings. The molecule has 4 atom stereocenters. The van der Waals surface area contributed by atoms with Gasteiger partial charge in [-0.25, -0.2) is 0 Å². The van der Waals surface area contributed by atoms with Crippen LogP contribution in [0.4, 0.5) is 0 Å². The molecule has 0 radical (unpaired) electrons. The summed E-state index contributed by atoms with van der Waals surface area (Å²) in [6.07, 6.45) is 6.17. The Hall–Kier alpha value is -1.86. The van der Waals surface area contributed by atoms with Gasteiger partial charge in [0.1, 0.15) is 0 Å². The molecule has 4 rings (SSSR count). The standard InChI is InChI=1S/C22H34N4O3/c1-21(2,3)26-9-7-15(11-26)20(28)25-12-17-16(10-23-19(27)13-24(4)5)18-6-8-22(17,14-25)29-18/h7,9,11,16-18H,6,8,10,12-14H2,1-5H3,(H,23,27)/t16-,17+,18+,22+/m0/s1. The summed E-state index contributed by atoms with van der Waals surface area (Å²) in [6.45, 7) is 8.78. The van der Waals surface area contributed by atoms with Gasteiger partial charge < -0.3 is 24.4 Å². The van der Waals surface area contributed by atoms with Crippen molar-refractivity contribution in [2.45, 2.75) is 50.9 Å². The molecule has 0 aromatic carbocycles. The van der Waals surface area contributed by atoms with Crippen LogP contribution in [0.25, 0.3) is 0 Å². The highest BCUT2D eigenvalue weighted by molar-refractivity contribution is 5.94. The van der Waals surface area contributed by atoms with Gasteiger partial charge in [-0.05, 0) is 53.8 Å². The highest BCUT2D eigenvalue weighted by Crippen LogP contribution is 2.54. The van der Waals surface area contributed by atoms with E-state index in [0.29, 0.717) is 32.1 Å². The number of aromatic nitrogens is 1. The lowest BCUT2D eigenvalue weighted by atomic mass is 9.73. The van der Waals surface area contributed by atoms with Gasteiger partial charge in [0, 0.05) is 42.9 Å². The third-order valence-corrected chi connectivity index (χ3v) is 6.78. The summed E-state index contributed by atoms with van der Waals surface area (Å²) in [5.41, 5.74) is 0.474. The summed E-state index contributed by atoms with van der Waals surface area (Å²) in [7, 11) is 3.78. The molecule has 1 N–H and O–H groups in total. The second-order valence-electron chi connectivity index (χ2n) is 10.2. The Morgan fingerprint density at radius 2 is 2.10 bits per heavy atom. The van der Waals surface area contributed by atoms with Gasteiger partial charge in [-0.15, -0.1) is 0 Å². The molecule has 4 heterocycles. The monoisotopic (exact) mass is 402 g/mol. The molecule has 0 unspecified atom stereocenters. The highest BCUT2D eigenvalue weighted by atomic mass is 16.5. The lowest BCUT2D eigenvalue weighted by Crippen LogP contribution is -2.43. The van der Waals surface area contributed by atoms with Crippen molar-refractivity contribution in [1.29, 1.82) is 0 Å². The van der Waals surface area contributed by atoms with Crippen molar-refractivity contribution < 1.29 is 14.3 Å². The van der Waals surface area contributed by atoms with Crippen LogP contribution in [0.15, 0.2) is 18.5 Å². The summed E-state index contributed by atoms with van der Waals surface area (Å²) in [6, 6.07) is 1.91. The van der Waals surface area contributed by atoms with Crippen LogP contribution in [-0.4, -0.2) is 78.2 Å². The zero-order valence-corrected chi connectivity index (χ0v) is 18.3. The molecule has 3 aliphatic rings. The smallest absolute Gasteiger partial charge is 0.255 e. The van der Waals surface area contributed by atoms with Crippen LogP contribution < -0.4 is 5.32 Å². The largest absolute Gasteiger partial charge is 0.369 e. The van der Waals surface area contributed by atoms with Crippen LogP contribution >= 0.6 is 0 Å². The topological polar surface area (TPSA) is 66.8 Å². The van der Waals surface area contributed by atoms with Crippen molar-refractivity contribution in [3.63, 3.8) is 0 Å². The van der Waals surface area contributed by atoms with Crippen molar-refractivity contribution in [2.75, 3.05) is 40.3 Å². The van der Waals surface area contributed by atoms with E-state index < -0.39 is 0 Å². The summed E-state index contributed by atoms with van der Waals surface area (Å²) in [5, 5.41) is 3.08. The minimum Gasteiger partial charge on any atom is -0.369 e. The third-order valence-electron chi connectivity index (χ3n) is 6.78. The number of nitrogens with one attached hydrogen (secondary N) is 1. The lowest BCUT2D eigenvalue weighted by Gasteiger charge is -2.29. The van der Waals surface area contributed by atoms with Crippen molar-refractivity contribution in [3.05, 3.63) is 24.0 Å². The van der Waals surface area contributed by atoms with E-state index in [0.717, 1.165) is 18.4 Å². The van der Waals surface area contributed by atoms with Crippen molar-refractivity contribution in [2.24, 2.45) is 11.8 Å². The number of hydrogen-bond donors (Lipinski definition) is 1. The minimum atomic E-state index is -0.218. The second-order valence-corrected chi connectivity index (χ2v) is 10.2. The maximum absolute atomic E-state index is 13.2. The Labute approximate surface area is 173 Å². The lowest BCUT2D eigenvalue weighted by molar-refractivity contribution is -0.122. The van der Waals surface area contributed by atoms with E-state index in [1.54, 1.807) is 0 Å². The van der Waals surface area contributed by atoms with E-state index >= 15 is 0 Å². The summed E-state index contributed by atoms with van der Waals surface area (Å²) in [4.78, 5) is 29.1. The zero-order chi connectivity index (χ0) is 21.0. The molecule has 1 aromatic heterocycles. The third kappa shape index (κ3) is 3.70. The number of amides is 2. The van der Waals surface area contributed by atoms with Crippen LogP contribution in [0, 0.1) is 11.8 Å². The summed E-state index contributed by atoms with van der Waals surface area (Å²) in [5.74, 6) is 0.710. The average Bonchev–Trinajstić information content (AvgIpc) is 3.36. The second kappa shape index (κ2) is 7.13. The van der Waals surface area contributed by atoms with Crippen LogP contribution in [-0.2, 0) is 15.1 Å². The molecule has 2 bridgehead atoms. The molecule has 1 spiro atoms. The van der Waals surface area contributed by atoms with E-state index in [2.05, 4.69) is 30.7 Å². The number of likely N-dealkylation sites (N-methyl/N-ethyl adjacent to an activating group) is 1. The van der Waals surface area contributed by atoms with Crippen LogP contribution in [0.5, 0.6) is 0 Å². The molecular formula is C22H34N4O3. The molecule has 160 valence electrons. The molecule has 7 heteroatoms. The zero-order valence-electron chi connectivity index (χ0n) is 18.3. The minimum absolute atomic E-state index is 0.0428. The first-order chi connectivity index (χ1) is 13.6. The molecule has 3 aliphatic heterocycles. The Balaban J connectivity index is 1.43. The van der Waals surface area contributed by atoms with Gasteiger partial charge in [-0.2, -0.15) is 0 Å². The van der Waals surface area contributed by atoms with Gasteiger partial charge in [0.05, 0.1) is 30.4 Å². The van der Waals surface area contributed by atoms with E-state index in [1.807, 2.05) is 42.4 Å². The van der Waals surface area contributed by atoms with E-state index in [1.165, 1.54) is 0 Å². The number of likely N-dealkylation sites (tertiary alicyclic amines) is 1. The summed E-state index contributed by atoms with van der Waals surface area (Å²) >= 11 is 0. The molecule has 2 amide bonds. The molecule has 3 saturated heterocycles. The fourth-order valence-corrected chi connectivity index (χ4v) is 5.32. The Kier molecular flexibility index (Phi) is 5.02. The first-order valence-corrected chi connectivity index (χ1v) is 10.7. The van der Waals surface area contributed by atoms with Crippen molar-refractivity contribution in [1.82, 2.24) is 19.7 Å². The predicted octanol–water partition coefficient (Wildman–Crippen LogP) is 1.54. The number of hydrogen-bond acceptors (Lipinski definition) is 4. The fraction of sp³-hybridized carbons (Fsp3) is 0.727. The highest BCUT2D eigenvalue weighted by Gasteiger charge is 2.63. The Morgan fingerprint density at radius 3 is 2.76 bits per heavy atom. The average molecular weight is 403 g/mol. The summed E-state index contributed by atoms with van der Waals surface area (Å²) < 4.78 is 8.51. The predicted molar refractivity (Wildman–Crippen MR) is 111 cm³/mol. The van der Waals surface area contributed by atoms with Crippen LogP contribution in [0.3, 0.4) is 0 Å². The van der Waals surface area contributed by atoms with Crippen LogP contribution in [0.2, 0.25) is 0 Å². The molecule has 7 nitrogen and oxygen atoms in total. The van der Waals surface area contributed by atoms with E-state index in [4.69, 9.17) is 4.74 Å². The van der Waals surface area contributed by atoms with Crippen LogP contribution in [0.1, 0.15) is 44.0 Å². The Morgan fingerprint density at radius 1 is 1.34 bits per heavy atom. The van der Waals surface area contributed by atoms with E-state index in [9.17, 15) is 9.59 Å². The van der Waals surface area contributed by atoms with Gasteiger partial charge in [-0.1, -0.05) is 0 Å². The number of rotatable bonds is 5. The molecule has 1 aromatic rings. The molecule has 0 aliphatic carbocycles. The molecular weight excluding hydrogens is 368 g/mol. The SMILES string of the molecule is CN(C)CC(=O)NC[C@H]1[C@H]2CN(C(=O)c3ccn(C(C)(C)C)c3)C[C@]23CC[C@H]1O3. The number of nitrogens with zero attached hydrogens (tertiary/aromatic N) is 3. The van der Waals surface area contributed by atoms with E-state index in [-0.39, 0.29) is 35.0 Å². The Bertz CT molecular complexity index is 796. The van der Waals surface area contributed by atoms with Gasteiger partial charge in [0.2, 0.25) is 5.91 Å². The van der Waals surface area contributed by atoms with Gasteiger partial charge >= 0.3 is 0 Å². The van der Waals surface area contributed by atoms with Crippen molar-refractivity contribution in [3.8, 4) is 0 Å². The number of ether oxygens (including phenoxy) is 1. The van der Waals surface area contributed by atoms with Gasteiger partial charge in [-0.3, -0.25) is 9.59 Å². The molecule has 29 heavy (non-hydrogen) atoms. The number of carbonyl (C=O) groups excluding carboxylic acids is 2. The first-order valence-electron chi connectivity index (χ1n) is 10.7. The fourth-order valence-electron chi connectivity index (χ4n) is 5.32. The molecule has 0 saturated carbocycles. The maximum Gasteiger partial charge on any atom is 0.255 e. The number of carbonyl (C=O) groups is 2. The quantitative estimate of drug-likeness (QED) is 0.811. The van der Waals surface area contributed by atoms with Crippen molar-refractivity contribution >= 4 is 11.8 Å². The first kappa shape index (κ1) is 20.4. The van der Waals surface area contributed by atoms with Gasteiger partial charge in [0.15, 0.2) is 0 Å². The van der Waals surface area contributed by atoms with Gasteiger partial charge in [0.25, 0.3) is 5.91 Å². The maximum atomic E-state index is 13.2. The number of fused-ring (bicyclic) bond motifs is 1.